The molecule has 8 heteroatoms. The number of carbonyl (C=O) groups is 2. The Hall–Kier alpha value is -1.83. The van der Waals surface area contributed by atoms with Crippen molar-refractivity contribution >= 4 is 24.4 Å². The lowest BCUT2D eigenvalue weighted by Gasteiger charge is -2.37. The lowest BCUT2D eigenvalue weighted by Crippen LogP contribution is -2.53. The molecule has 0 atom stereocenters. The summed E-state index contributed by atoms with van der Waals surface area (Å²) in [5.74, 6) is -0.0355. The van der Waals surface area contributed by atoms with E-state index >= 15 is 0 Å². The first kappa shape index (κ1) is 21.5. The maximum Gasteiger partial charge on any atom is 0.410 e. The van der Waals surface area contributed by atoms with Crippen LogP contribution in [0.4, 0.5) is 4.79 Å². The average Bonchev–Trinajstić information content (AvgIpc) is 2.67. The lowest BCUT2D eigenvalue weighted by molar-refractivity contribution is -0.139. The third-order valence-corrected chi connectivity index (χ3v) is 5.11. The van der Waals surface area contributed by atoms with Crippen molar-refractivity contribution in [3.8, 4) is 0 Å². The smallest absolute Gasteiger partial charge is 0.410 e. The van der Waals surface area contributed by atoms with Crippen molar-refractivity contribution in [1.82, 2.24) is 15.1 Å². The number of piperidine rings is 1. The number of carbonyl (C=O) groups excluding carboxylic acids is 2. The van der Waals surface area contributed by atoms with Crippen LogP contribution in [0, 0.1) is 0 Å². The van der Waals surface area contributed by atoms with Gasteiger partial charge in [-0.2, -0.15) is 0 Å². The molecule has 2 aliphatic heterocycles. The van der Waals surface area contributed by atoms with Gasteiger partial charge in [0.1, 0.15) is 6.61 Å². The van der Waals surface area contributed by atoms with E-state index in [2.05, 4.69) is 5.32 Å². The van der Waals surface area contributed by atoms with Crippen molar-refractivity contribution in [3.05, 3.63) is 35.9 Å². The normalized spacial score (nSPS) is 19.1. The number of hydrogen-bond donors (Lipinski definition) is 2. The highest BCUT2D eigenvalue weighted by atomic mass is 35.5. The minimum atomic E-state index is -0.895. The van der Waals surface area contributed by atoms with Gasteiger partial charge in [0.2, 0.25) is 5.91 Å². The number of nitrogens with one attached hydrogen (secondary N) is 1. The SMILES string of the molecule is Cl.O=C(CC1(O)CCNCC1)N1CCN(C(=O)OCc2ccccc2)CC1. The summed E-state index contributed by atoms with van der Waals surface area (Å²) in [4.78, 5) is 28.0. The van der Waals surface area contributed by atoms with Gasteiger partial charge in [-0.1, -0.05) is 30.3 Å². The van der Waals surface area contributed by atoms with Gasteiger partial charge in [-0.15, -0.1) is 12.4 Å². The summed E-state index contributed by atoms with van der Waals surface area (Å²) in [5, 5.41) is 13.7. The Morgan fingerprint density at radius 3 is 2.26 bits per heavy atom. The molecule has 27 heavy (non-hydrogen) atoms. The van der Waals surface area contributed by atoms with Gasteiger partial charge in [0.25, 0.3) is 0 Å². The topological polar surface area (TPSA) is 82.1 Å². The van der Waals surface area contributed by atoms with Crippen molar-refractivity contribution in [3.63, 3.8) is 0 Å². The number of nitrogens with zero attached hydrogens (tertiary/aromatic N) is 2. The van der Waals surface area contributed by atoms with Gasteiger partial charge in [0.05, 0.1) is 12.0 Å². The quantitative estimate of drug-likeness (QED) is 0.802. The number of halogens is 1. The van der Waals surface area contributed by atoms with Crippen LogP contribution in [0.5, 0.6) is 0 Å². The van der Waals surface area contributed by atoms with E-state index < -0.39 is 5.60 Å². The van der Waals surface area contributed by atoms with Crippen LogP contribution in [0.15, 0.2) is 30.3 Å². The minimum absolute atomic E-state index is 0. The van der Waals surface area contributed by atoms with Crippen LogP contribution in [0.25, 0.3) is 0 Å². The summed E-state index contributed by atoms with van der Waals surface area (Å²) in [6.07, 6.45) is 1.01. The first-order chi connectivity index (χ1) is 12.6. The van der Waals surface area contributed by atoms with Crippen LogP contribution in [-0.2, 0) is 16.1 Å². The van der Waals surface area contributed by atoms with E-state index in [-0.39, 0.29) is 37.4 Å². The molecular weight excluding hydrogens is 370 g/mol. The van der Waals surface area contributed by atoms with E-state index in [1.165, 1.54) is 0 Å². The highest BCUT2D eigenvalue weighted by molar-refractivity contribution is 5.85. The predicted molar refractivity (Wildman–Crippen MR) is 104 cm³/mol. The molecule has 150 valence electrons. The van der Waals surface area contributed by atoms with Gasteiger partial charge in [-0.25, -0.2) is 4.79 Å². The molecular formula is C19H28ClN3O4. The third kappa shape index (κ3) is 6.09. The first-order valence-corrected chi connectivity index (χ1v) is 9.22. The number of amides is 2. The van der Waals surface area contributed by atoms with Gasteiger partial charge in [-0.05, 0) is 31.5 Å². The number of ether oxygens (including phenoxy) is 1. The predicted octanol–water partition coefficient (Wildman–Crippen LogP) is 1.39. The van der Waals surface area contributed by atoms with Gasteiger partial charge in [0.15, 0.2) is 0 Å². The molecule has 1 aromatic carbocycles. The molecule has 2 saturated heterocycles. The van der Waals surface area contributed by atoms with Crippen LogP contribution in [0.3, 0.4) is 0 Å². The Balaban J connectivity index is 0.00000261. The van der Waals surface area contributed by atoms with E-state index in [0.717, 1.165) is 18.7 Å². The van der Waals surface area contributed by atoms with Crippen molar-refractivity contribution in [2.75, 3.05) is 39.3 Å². The molecule has 1 aromatic rings. The molecule has 7 nitrogen and oxygen atoms in total. The fraction of sp³-hybridized carbons (Fsp3) is 0.579. The van der Waals surface area contributed by atoms with Crippen LogP contribution < -0.4 is 5.32 Å². The summed E-state index contributed by atoms with van der Waals surface area (Å²) in [7, 11) is 0. The maximum atomic E-state index is 12.5. The highest BCUT2D eigenvalue weighted by Crippen LogP contribution is 2.23. The summed E-state index contributed by atoms with van der Waals surface area (Å²) < 4.78 is 5.34. The molecule has 2 fully saturated rings. The molecule has 2 amide bonds. The number of piperazine rings is 1. The van der Waals surface area contributed by atoms with Gasteiger partial charge in [-0.3, -0.25) is 4.79 Å². The molecule has 0 aliphatic carbocycles. The molecule has 0 bridgehead atoms. The van der Waals surface area contributed by atoms with Crippen LogP contribution in [0.2, 0.25) is 0 Å². The Labute approximate surface area is 166 Å². The molecule has 0 saturated carbocycles. The van der Waals surface area contributed by atoms with Crippen LogP contribution in [-0.4, -0.2) is 71.8 Å². The molecule has 0 aromatic heterocycles. The lowest BCUT2D eigenvalue weighted by atomic mass is 9.88. The van der Waals surface area contributed by atoms with E-state index in [1.807, 2.05) is 30.3 Å². The van der Waals surface area contributed by atoms with Crippen LogP contribution in [0.1, 0.15) is 24.8 Å². The van der Waals surface area contributed by atoms with Crippen molar-refractivity contribution in [2.45, 2.75) is 31.5 Å². The van der Waals surface area contributed by atoms with E-state index in [1.54, 1.807) is 9.80 Å². The van der Waals surface area contributed by atoms with Gasteiger partial charge < -0.3 is 25.0 Å². The Morgan fingerprint density at radius 1 is 1.04 bits per heavy atom. The largest absolute Gasteiger partial charge is 0.445 e. The summed E-state index contributed by atoms with van der Waals surface area (Å²) in [5.41, 5.74) is 0.0542. The fourth-order valence-electron chi connectivity index (χ4n) is 3.41. The zero-order valence-electron chi connectivity index (χ0n) is 15.4. The zero-order chi connectivity index (χ0) is 18.4. The Bertz CT molecular complexity index is 615. The molecule has 0 unspecified atom stereocenters. The Kier molecular flexibility index (Phi) is 7.89. The third-order valence-electron chi connectivity index (χ3n) is 5.11. The number of benzene rings is 1. The van der Waals surface area contributed by atoms with Crippen molar-refractivity contribution < 1.29 is 19.4 Å². The first-order valence-electron chi connectivity index (χ1n) is 9.22. The second kappa shape index (κ2) is 9.92. The molecule has 2 aliphatic rings. The monoisotopic (exact) mass is 397 g/mol. The standard InChI is InChI=1S/C19H27N3O4.ClH/c23-17(14-19(25)6-8-20-9-7-19)21-10-12-22(13-11-21)18(24)26-15-16-4-2-1-3-5-16;/h1-5,20,25H,6-15H2;1H. The fourth-order valence-corrected chi connectivity index (χ4v) is 3.41. The second-order valence-electron chi connectivity index (χ2n) is 7.06. The Morgan fingerprint density at radius 2 is 1.63 bits per heavy atom. The molecule has 0 spiro atoms. The average molecular weight is 398 g/mol. The highest BCUT2D eigenvalue weighted by Gasteiger charge is 2.34. The minimum Gasteiger partial charge on any atom is -0.445 e. The molecule has 2 N–H and O–H groups in total. The van der Waals surface area contributed by atoms with E-state index in [9.17, 15) is 14.7 Å². The summed E-state index contributed by atoms with van der Waals surface area (Å²) in [6, 6.07) is 9.56. The number of rotatable bonds is 4. The van der Waals surface area contributed by atoms with Crippen LogP contribution >= 0.6 is 12.4 Å². The number of hydrogen-bond acceptors (Lipinski definition) is 5. The van der Waals surface area contributed by atoms with E-state index in [0.29, 0.717) is 39.0 Å². The number of aliphatic hydroxyl groups is 1. The second-order valence-corrected chi connectivity index (χ2v) is 7.06. The molecule has 3 rings (SSSR count). The van der Waals surface area contributed by atoms with Crippen molar-refractivity contribution in [2.24, 2.45) is 0 Å². The molecule has 0 radical (unpaired) electrons. The van der Waals surface area contributed by atoms with Crippen molar-refractivity contribution in [1.29, 1.82) is 0 Å². The van der Waals surface area contributed by atoms with Gasteiger partial charge in [0, 0.05) is 26.2 Å². The zero-order valence-corrected chi connectivity index (χ0v) is 16.2. The van der Waals surface area contributed by atoms with Gasteiger partial charge >= 0.3 is 6.09 Å². The summed E-state index contributed by atoms with van der Waals surface area (Å²) >= 11 is 0. The molecule has 2 heterocycles. The maximum absolute atomic E-state index is 12.5. The van der Waals surface area contributed by atoms with E-state index in [4.69, 9.17) is 4.74 Å². The summed E-state index contributed by atoms with van der Waals surface area (Å²) in [6.45, 7) is 3.61.